The van der Waals surface area contributed by atoms with Gasteiger partial charge in [-0.15, -0.1) is 0 Å². The summed E-state index contributed by atoms with van der Waals surface area (Å²) in [5.74, 6) is -1.07. The second kappa shape index (κ2) is 5.81. The second-order valence-corrected chi connectivity index (χ2v) is 3.96. The van der Waals surface area contributed by atoms with E-state index in [4.69, 9.17) is 5.11 Å². The van der Waals surface area contributed by atoms with Crippen LogP contribution in [-0.2, 0) is 9.59 Å². The molecule has 3 N–H and O–H groups in total. The third-order valence-corrected chi connectivity index (χ3v) is 2.68. The molecule has 16 heavy (non-hydrogen) atoms. The van der Waals surface area contributed by atoms with E-state index in [1.54, 1.807) is 0 Å². The normalized spacial score (nSPS) is 23.9. The Morgan fingerprint density at radius 3 is 2.94 bits per heavy atom. The number of nitrogens with zero attached hydrogens (tertiary/aromatic N) is 1. The molecular formula is C10H18N2O4. The van der Waals surface area contributed by atoms with Gasteiger partial charge in [0.05, 0.1) is 18.6 Å². The minimum atomic E-state index is -1.03. The van der Waals surface area contributed by atoms with Gasteiger partial charge in [-0.25, -0.2) is 0 Å². The highest BCUT2D eigenvalue weighted by atomic mass is 16.4. The number of nitrogens with one attached hydrogen (secondary N) is 1. The molecule has 1 rings (SSSR count). The molecule has 0 aromatic rings. The van der Waals surface area contributed by atoms with Gasteiger partial charge in [0.1, 0.15) is 0 Å². The summed E-state index contributed by atoms with van der Waals surface area (Å²) in [4.78, 5) is 23.7. The van der Waals surface area contributed by atoms with Crippen molar-refractivity contribution >= 4 is 11.9 Å². The van der Waals surface area contributed by atoms with Crippen molar-refractivity contribution in [2.45, 2.75) is 31.9 Å². The molecule has 6 nitrogen and oxygen atoms in total. The second-order valence-electron chi connectivity index (χ2n) is 3.96. The predicted octanol–water partition coefficient (Wildman–Crippen LogP) is -0.968. The van der Waals surface area contributed by atoms with E-state index in [1.807, 2.05) is 11.8 Å². The Labute approximate surface area is 94.2 Å². The Kier molecular flexibility index (Phi) is 4.70. The number of amides is 1. The molecule has 6 heteroatoms. The quantitative estimate of drug-likeness (QED) is 0.565. The average molecular weight is 230 g/mol. The monoisotopic (exact) mass is 230 g/mol. The molecule has 1 fully saturated rings. The fourth-order valence-electron chi connectivity index (χ4n) is 1.96. The Morgan fingerprint density at radius 2 is 2.38 bits per heavy atom. The van der Waals surface area contributed by atoms with Crippen LogP contribution in [0.25, 0.3) is 0 Å². The summed E-state index contributed by atoms with van der Waals surface area (Å²) in [6.07, 6.45) is -0.544. The molecule has 1 heterocycles. The lowest BCUT2D eigenvalue weighted by Crippen LogP contribution is -2.56. The lowest BCUT2D eigenvalue weighted by Gasteiger charge is -2.35. The molecule has 0 spiro atoms. The number of carboxylic acids is 1. The van der Waals surface area contributed by atoms with Crippen LogP contribution in [0.15, 0.2) is 0 Å². The number of aliphatic hydroxyl groups is 1. The third kappa shape index (κ3) is 3.46. The summed E-state index contributed by atoms with van der Waals surface area (Å²) >= 11 is 0. The van der Waals surface area contributed by atoms with Gasteiger partial charge in [0.25, 0.3) is 0 Å². The summed E-state index contributed by atoms with van der Waals surface area (Å²) in [5, 5.41) is 20.8. The molecule has 0 bridgehead atoms. The van der Waals surface area contributed by atoms with Gasteiger partial charge >= 0.3 is 5.97 Å². The standard InChI is InChI=1S/C10H18N2O4/c1-2-8-10(16)11-3-4-12(8)6-7(13)5-9(14)15/h7-8,13H,2-6H2,1H3,(H,11,16)(H,14,15). The van der Waals surface area contributed by atoms with Crippen LogP contribution in [0.1, 0.15) is 19.8 Å². The number of carbonyl (C=O) groups is 2. The van der Waals surface area contributed by atoms with E-state index in [1.165, 1.54) is 0 Å². The van der Waals surface area contributed by atoms with Gasteiger partial charge in [-0.1, -0.05) is 6.92 Å². The van der Waals surface area contributed by atoms with E-state index in [9.17, 15) is 14.7 Å². The highest BCUT2D eigenvalue weighted by Gasteiger charge is 2.29. The summed E-state index contributed by atoms with van der Waals surface area (Å²) in [6.45, 7) is 3.33. The van der Waals surface area contributed by atoms with Crippen LogP contribution in [-0.4, -0.2) is 58.8 Å². The Morgan fingerprint density at radius 1 is 1.69 bits per heavy atom. The van der Waals surface area contributed by atoms with Crippen molar-refractivity contribution in [1.82, 2.24) is 10.2 Å². The zero-order chi connectivity index (χ0) is 12.1. The maximum atomic E-state index is 11.5. The van der Waals surface area contributed by atoms with Crippen LogP contribution in [0.3, 0.4) is 0 Å². The molecule has 0 aromatic heterocycles. The summed E-state index contributed by atoms with van der Waals surface area (Å²) in [5.41, 5.74) is 0. The molecule has 92 valence electrons. The van der Waals surface area contributed by atoms with Crippen molar-refractivity contribution in [3.63, 3.8) is 0 Å². The molecule has 0 aliphatic carbocycles. The topological polar surface area (TPSA) is 89.9 Å². The number of aliphatic carboxylic acids is 1. The third-order valence-electron chi connectivity index (χ3n) is 2.68. The SMILES string of the molecule is CCC1C(=O)NCCN1CC(O)CC(=O)O. The van der Waals surface area contributed by atoms with E-state index in [0.29, 0.717) is 19.5 Å². The van der Waals surface area contributed by atoms with Crippen LogP contribution in [0.2, 0.25) is 0 Å². The van der Waals surface area contributed by atoms with Gasteiger partial charge in [-0.3, -0.25) is 14.5 Å². The highest BCUT2D eigenvalue weighted by Crippen LogP contribution is 2.10. The number of carbonyl (C=O) groups excluding carboxylic acids is 1. The molecule has 0 aromatic carbocycles. The largest absolute Gasteiger partial charge is 0.481 e. The maximum absolute atomic E-state index is 11.5. The molecule has 0 saturated carbocycles. The molecule has 2 atom stereocenters. The minimum Gasteiger partial charge on any atom is -0.481 e. The molecular weight excluding hydrogens is 212 g/mol. The number of β-amino-alcohol motifs (C(OH)–C–C–N with tert-alkyl or cyclic N) is 1. The van der Waals surface area contributed by atoms with Gasteiger partial charge in [0, 0.05) is 19.6 Å². The van der Waals surface area contributed by atoms with Gasteiger partial charge in [-0.2, -0.15) is 0 Å². The minimum absolute atomic E-state index is 0.0451. The van der Waals surface area contributed by atoms with Crippen LogP contribution >= 0.6 is 0 Å². The van der Waals surface area contributed by atoms with Crippen molar-refractivity contribution in [1.29, 1.82) is 0 Å². The van der Waals surface area contributed by atoms with Crippen molar-refractivity contribution in [2.24, 2.45) is 0 Å². The number of hydrogen-bond acceptors (Lipinski definition) is 4. The summed E-state index contributed by atoms with van der Waals surface area (Å²) < 4.78 is 0. The highest BCUT2D eigenvalue weighted by molar-refractivity contribution is 5.82. The van der Waals surface area contributed by atoms with Crippen molar-refractivity contribution < 1.29 is 19.8 Å². The van der Waals surface area contributed by atoms with E-state index < -0.39 is 12.1 Å². The first-order valence-electron chi connectivity index (χ1n) is 5.46. The number of hydrogen-bond donors (Lipinski definition) is 3. The summed E-state index contributed by atoms with van der Waals surface area (Å²) in [7, 11) is 0. The van der Waals surface area contributed by atoms with Gasteiger partial charge in [-0.05, 0) is 6.42 Å². The van der Waals surface area contributed by atoms with Crippen molar-refractivity contribution in [3.8, 4) is 0 Å². The molecule has 2 unspecified atom stereocenters. The fourth-order valence-corrected chi connectivity index (χ4v) is 1.96. The lowest BCUT2D eigenvalue weighted by atomic mass is 10.1. The molecule has 1 aliphatic rings. The average Bonchev–Trinajstić information content (AvgIpc) is 2.16. The first-order valence-corrected chi connectivity index (χ1v) is 5.46. The Bertz CT molecular complexity index is 270. The van der Waals surface area contributed by atoms with Crippen LogP contribution < -0.4 is 5.32 Å². The zero-order valence-electron chi connectivity index (χ0n) is 9.35. The first-order chi connectivity index (χ1) is 7.54. The van der Waals surface area contributed by atoms with E-state index >= 15 is 0 Å². The molecule has 1 saturated heterocycles. The Balaban J connectivity index is 2.50. The zero-order valence-corrected chi connectivity index (χ0v) is 9.35. The van der Waals surface area contributed by atoms with Gasteiger partial charge in [0.2, 0.25) is 5.91 Å². The smallest absolute Gasteiger partial charge is 0.306 e. The van der Waals surface area contributed by atoms with Crippen LogP contribution in [0.4, 0.5) is 0 Å². The van der Waals surface area contributed by atoms with E-state index in [2.05, 4.69) is 5.32 Å². The van der Waals surface area contributed by atoms with Crippen molar-refractivity contribution in [2.75, 3.05) is 19.6 Å². The van der Waals surface area contributed by atoms with Gasteiger partial charge < -0.3 is 15.5 Å². The van der Waals surface area contributed by atoms with Crippen LogP contribution in [0, 0.1) is 0 Å². The van der Waals surface area contributed by atoms with Crippen molar-refractivity contribution in [3.05, 3.63) is 0 Å². The predicted molar refractivity (Wildman–Crippen MR) is 56.9 cm³/mol. The maximum Gasteiger partial charge on any atom is 0.306 e. The summed E-state index contributed by atoms with van der Waals surface area (Å²) in [6, 6.07) is -0.253. The van der Waals surface area contributed by atoms with E-state index in [0.717, 1.165) is 0 Å². The van der Waals surface area contributed by atoms with Crippen LogP contribution in [0.5, 0.6) is 0 Å². The number of carboxylic acid groups (broad SMARTS) is 1. The van der Waals surface area contributed by atoms with E-state index in [-0.39, 0.29) is 24.9 Å². The molecule has 0 radical (unpaired) electrons. The molecule has 1 aliphatic heterocycles. The Hall–Kier alpha value is -1.14. The fraction of sp³-hybridized carbons (Fsp3) is 0.800. The number of aliphatic hydroxyl groups excluding tert-OH is 1. The van der Waals surface area contributed by atoms with Gasteiger partial charge in [0.15, 0.2) is 0 Å². The molecule has 1 amide bonds. The first kappa shape index (κ1) is 12.9. The lowest BCUT2D eigenvalue weighted by molar-refractivity contribution is -0.139. The number of rotatable bonds is 5. The number of piperazine rings is 1.